The number of hydrogen-bond donors (Lipinski definition) is 1. The Balaban J connectivity index is 1.67. The van der Waals surface area contributed by atoms with Crippen molar-refractivity contribution < 1.29 is 24.2 Å². The van der Waals surface area contributed by atoms with E-state index in [1.54, 1.807) is 49.9 Å². The van der Waals surface area contributed by atoms with Crippen molar-refractivity contribution >= 4 is 51.9 Å². The summed E-state index contributed by atoms with van der Waals surface area (Å²) in [4.78, 5) is 39.8. The number of carboxylic acid groups (broad SMARTS) is 1. The van der Waals surface area contributed by atoms with Crippen molar-refractivity contribution in [2.24, 2.45) is 7.05 Å². The summed E-state index contributed by atoms with van der Waals surface area (Å²) < 4.78 is 14.4. The third kappa shape index (κ3) is 4.92. The maximum absolute atomic E-state index is 13.4. The van der Waals surface area contributed by atoms with E-state index in [0.29, 0.717) is 27.6 Å². The zero-order chi connectivity index (χ0) is 26.9. The number of benzene rings is 2. The van der Waals surface area contributed by atoms with Gasteiger partial charge in [0.1, 0.15) is 5.69 Å². The normalized spacial score (nSPS) is 15.4. The fourth-order valence-corrected chi connectivity index (χ4v) is 5.23. The Bertz CT molecular complexity index is 1480. The molecule has 1 saturated heterocycles. The molecule has 0 saturated carbocycles. The highest BCUT2D eigenvalue weighted by atomic mass is 32.2. The smallest absolute Gasteiger partial charge is 0.344 e. The van der Waals surface area contributed by atoms with Crippen molar-refractivity contribution in [3.05, 3.63) is 75.0 Å². The first-order chi connectivity index (χ1) is 17.7. The summed E-state index contributed by atoms with van der Waals surface area (Å²) in [6, 6.07) is 14.1. The lowest BCUT2D eigenvalue weighted by Crippen LogP contribution is -2.33. The van der Waals surface area contributed by atoms with Gasteiger partial charge in [-0.25, -0.2) is 9.48 Å². The Hall–Kier alpha value is -3.83. The fraction of sp³-hybridized carbons (Fsp3) is 0.231. The van der Waals surface area contributed by atoms with Crippen LogP contribution in [-0.2, 0) is 16.6 Å². The second kappa shape index (κ2) is 10.7. The summed E-state index contributed by atoms with van der Waals surface area (Å²) in [5.41, 5.74) is 1.75. The SMILES string of the molecule is CCC(Oc1ccc(/C=C2/SC(=S)N(c3c(C)n(C)n(-c4ccccc4)c3=O)C2=O)cc1OC)C(=O)O. The van der Waals surface area contributed by atoms with Gasteiger partial charge in [-0.1, -0.05) is 55.2 Å². The lowest BCUT2D eigenvalue weighted by Gasteiger charge is -2.16. The van der Waals surface area contributed by atoms with Crippen LogP contribution in [0.4, 0.5) is 5.69 Å². The lowest BCUT2D eigenvalue weighted by atomic mass is 10.1. The van der Waals surface area contributed by atoms with Crippen LogP contribution in [0.25, 0.3) is 11.8 Å². The van der Waals surface area contributed by atoms with Gasteiger partial charge in [-0.05, 0) is 49.2 Å². The van der Waals surface area contributed by atoms with Crippen molar-refractivity contribution in [2.45, 2.75) is 26.4 Å². The van der Waals surface area contributed by atoms with E-state index < -0.39 is 18.0 Å². The van der Waals surface area contributed by atoms with E-state index in [4.69, 9.17) is 21.7 Å². The minimum absolute atomic E-state index is 0.206. The van der Waals surface area contributed by atoms with Crippen molar-refractivity contribution in [3.63, 3.8) is 0 Å². The first kappa shape index (κ1) is 26.2. The summed E-state index contributed by atoms with van der Waals surface area (Å²) in [7, 11) is 3.20. The largest absolute Gasteiger partial charge is 0.493 e. The third-order valence-electron chi connectivity index (χ3n) is 5.94. The number of thioether (sulfide) groups is 1. The van der Waals surface area contributed by atoms with Crippen LogP contribution in [-0.4, -0.2) is 43.9 Å². The first-order valence-electron chi connectivity index (χ1n) is 11.4. The number of methoxy groups -OCH3 is 1. The molecular formula is C26H25N3O6S2. The molecule has 11 heteroatoms. The van der Waals surface area contributed by atoms with E-state index in [1.807, 2.05) is 30.3 Å². The van der Waals surface area contributed by atoms with Crippen LogP contribution in [0.15, 0.2) is 58.2 Å². The second-order valence-electron chi connectivity index (χ2n) is 8.19. The third-order valence-corrected chi connectivity index (χ3v) is 7.24. The van der Waals surface area contributed by atoms with Crippen LogP contribution in [0.3, 0.4) is 0 Å². The lowest BCUT2D eigenvalue weighted by molar-refractivity contribution is -0.145. The number of ether oxygens (including phenoxy) is 2. The van der Waals surface area contributed by atoms with Crippen LogP contribution in [0, 0.1) is 6.92 Å². The molecular weight excluding hydrogens is 514 g/mol. The van der Waals surface area contributed by atoms with Crippen LogP contribution < -0.4 is 19.9 Å². The number of hydrogen-bond acceptors (Lipinski definition) is 7. The molecule has 1 aliphatic rings. The van der Waals surface area contributed by atoms with E-state index in [0.717, 1.165) is 11.8 Å². The average molecular weight is 540 g/mol. The van der Waals surface area contributed by atoms with Gasteiger partial charge in [-0.15, -0.1) is 0 Å². The summed E-state index contributed by atoms with van der Waals surface area (Å²) >= 11 is 6.60. The zero-order valence-corrected chi connectivity index (χ0v) is 22.3. The first-order valence-corrected chi connectivity index (χ1v) is 12.6. The molecule has 1 atom stereocenters. The molecule has 1 aromatic heterocycles. The monoisotopic (exact) mass is 539 g/mol. The van der Waals surface area contributed by atoms with E-state index >= 15 is 0 Å². The molecule has 192 valence electrons. The Morgan fingerprint density at radius 2 is 1.86 bits per heavy atom. The number of rotatable bonds is 8. The number of carbonyl (C=O) groups excluding carboxylic acids is 1. The zero-order valence-electron chi connectivity index (χ0n) is 20.6. The topological polar surface area (TPSA) is 103 Å². The number of nitrogens with zero attached hydrogens (tertiary/aromatic N) is 3. The molecule has 1 amide bonds. The highest BCUT2D eigenvalue weighted by Crippen LogP contribution is 2.37. The molecule has 0 aliphatic carbocycles. The Morgan fingerprint density at radius 1 is 1.16 bits per heavy atom. The van der Waals surface area contributed by atoms with Crippen LogP contribution >= 0.6 is 24.0 Å². The van der Waals surface area contributed by atoms with Crippen LogP contribution in [0.5, 0.6) is 11.5 Å². The number of para-hydroxylation sites is 1. The quantitative estimate of drug-likeness (QED) is 0.337. The number of aromatic nitrogens is 2. The molecule has 1 N–H and O–H groups in total. The van der Waals surface area contributed by atoms with Gasteiger partial charge in [0.2, 0.25) is 0 Å². The van der Waals surface area contributed by atoms with Gasteiger partial charge in [0.25, 0.3) is 11.5 Å². The standard InChI is InChI=1S/C26H25N3O6S2/c1-5-18(25(32)33)35-19-12-11-16(13-20(19)34-4)14-21-23(30)28(26(36)37-21)22-15(2)27(3)29(24(22)31)17-9-7-6-8-10-17/h6-14,18H,5H2,1-4H3,(H,32,33)/b21-14+. The summed E-state index contributed by atoms with van der Waals surface area (Å²) in [6.07, 6.45) is 0.923. The molecule has 1 unspecified atom stereocenters. The molecule has 2 heterocycles. The number of carbonyl (C=O) groups is 2. The molecule has 0 radical (unpaired) electrons. The van der Waals surface area contributed by atoms with Gasteiger partial charge in [0, 0.05) is 7.05 Å². The number of carboxylic acids is 1. The minimum Gasteiger partial charge on any atom is -0.493 e. The molecule has 1 aliphatic heterocycles. The van der Waals surface area contributed by atoms with Crippen molar-refractivity contribution in [2.75, 3.05) is 12.0 Å². The average Bonchev–Trinajstić information content (AvgIpc) is 3.27. The van der Waals surface area contributed by atoms with Crippen LogP contribution in [0.2, 0.25) is 0 Å². The number of aliphatic carboxylic acids is 1. The number of amides is 1. The van der Waals surface area contributed by atoms with Gasteiger partial charge in [-0.2, -0.15) is 0 Å². The van der Waals surface area contributed by atoms with E-state index in [9.17, 15) is 19.5 Å². The van der Waals surface area contributed by atoms with Crippen molar-refractivity contribution in [1.29, 1.82) is 0 Å². The molecule has 4 rings (SSSR count). The predicted octanol–water partition coefficient (Wildman–Crippen LogP) is 4.14. The molecule has 9 nitrogen and oxygen atoms in total. The summed E-state index contributed by atoms with van der Waals surface area (Å²) in [5, 5.41) is 9.28. The van der Waals surface area contributed by atoms with Gasteiger partial charge in [0.15, 0.2) is 21.9 Å². The van der Waals surface area contributed by atoms with Crippen molar-refractivity contribution in [3.8, 4) is 17.2 Å². The second-order valence-corrected chi connectivity index (χ2v) is 9.87. The molecule has 0 bridgehead atoms. The molecule has 3 aromatic rings. The molecule has 37 heavy (non-hydrogen) atoms. The minimum atomic E-state index is -1.07. The van der Waals surface area contributed by atoms with E-state index in [1.165, 1.54) is 16.7 Å². The predicted molar refractivity (Wildman–Crippen MR) is 147 cm³/mol. The number of thiocarbonyl (C=S) groups is 1. The number of anilines is 1. The highest BCUT2D eigenvalue weighted by Gasteiger charge is 2.37. The maximum atomic E-state index is 13.4. The van der Waals surface area contributed by atoms with Gasteiger partial charge < -0.3 is 14.6 Å². The molecule has 1 fully saturated rings. The van der Waals surface area contributed by atoms with E-state index in [-0.39, 0.29) is 27.7 Å². The maximum Gasteiger partial charge on any atom is 0.344 e. The summed E-state index contributed by atoms with van der Waals surface area (Å²) in [6.45, 7) is 3.48. The highest BCUT2D eigenvalue weighted by molar-refractivity contribution is 8.27. The summed E-state index contributed by atoms with van der Waals surface area (Å²) in [5.74, 6) is -0.867. The van der Waals surface area contributed by atoms with Gasteiger partial charge in [0.05, 0.1) is 23.4 Å². The van der Waals surface area contributed by atoms with Gasteiger partial charge >= 0.3 is 5.97 Å². The molecule has 2 aromatic carbocycles. The van der Waals surface area contributed by atoms with Gasteiger partial charge in [-0.3, -0.25) is 19.2 Å². The Kier molecular flexibility index (Phi) is 7.55. The molecule has 0 spiro atoms. The van der Waals surface area contributed by atoms with Crippen LogP contribution in [0.1, 0.15) is 24.6 Å². The Labute approximate surface area is 222 Å². The van der Waals surface area contributed by atoms with Crippen molar-refractivity contribution in [1.82, 2.24) is 9.36 Å². The fourth-order valence-electron chi connectivity index (χ4n) is 3.96. The van der Waals surface area contributed by atoms with E-state index in [2.05, 4.69) is 0 Å². The Morgan fingerprint density at radius 3 is 2.49 bits per heavy atom.